The molecule has 5 heteroatoms. The van der Waals surface area contributed by atoms with E-state index in [9.17, 15) is 4.79 Å². The minimum Gasteiger partial charge on any atom is -0.388 e. The average molecular weight is 402 g/mol. The summed E-state index contributed by atoms with van der Waals surface area (Å²) in [7, 11) is 1.88. The van der Waals surface area contributed by atoms with Gasteiger partial charge in [-0.15, -0.1) is 0 Å². The molecule has 0 aliphatic carbocycles. The molecule has 1 amide bonds. The van der Waals surface area contributed by atoms with E-state index in [1.54, 1.807) is 0 Å². The number of benzene rings is 2. The molecule has 1 fully saturated rings. The SMILES string of the molecule is CNc1ccc(C(=O)N2CCN(CCc3ccc(Br)cc3)CC2)cc1. The maximum absolute atomic E-state index is 12.6. The molecular weight excluding hydrogens is 378 g/mol. The highest BCUT2D eigenvalue weighted by molar-refractivity contribution is 9.10. The van der Waals surface area contributed by atoms with E-state index in [0.29, 0.717) is 0 Å². The van der Waals surface area contributed by atoms with Crippen molar-refractivity contribution in [2.24, 2.45) is 0 Å². The number of nitrogens with zero attached hydrogens (tertiary/aromatic N) is 2. The molecule has 132 valence electrons. The van der Waals surface area contributed by atoms with Crippen LogP contribution in [0.15, 0.2) is 53.0 Å². The van der Waals surface area contributed by atoms with Gasteiger partial charge in [0.05, 0.1) is 0 Å². The van der Waals surface area contributed by atoms with Crippen molar-refractivity contribution in [1.29, 1.82) is 0 Å². The van der Waals surface area contributed by atoms with Crippen molar-refractivity contribution < 1.29 is 4.79 Å². The van der Waals surface area contributed by atoms with E-state index >= 15 is 0 Å². The number of nitrogens with one attached hydrogen (secondary N) is 1. The van der Waals surface area contributed by atoms with Crippen molar-refractivity contribution in [3.05, 3.63) is 64.1 Å². The first kappa shape index (κ1) is 18.0. The summed E-state index contributed by atoms with van der Waals surface area (Å²) in [5.41, 5.74) is 3.14. The molecule has 25 heavy (non-hydrogen) atoms. The van der Waals surface area contributed by atoms with Gasteiger partial charge in [-0.25, -0.2) is 0 Å². The Kier molecular flexibility index (Phi) is 6.10. The Labute approximate surface area is 158 Å². The molecule has 3 rings (SSSR count). The molecule has 0 aromatic heterocycles. The van der Waals surface area contributed by atoms with Crippen molar-refractivity contribution in [1.82, 2.24) is 9.80 Å². The number of rotatable bonds is 5. The third-order valence-electron chi connectivity index (χ3n) is 4.71. The lowest BCUT2D eigenvalue weighted by Crippen LogP contribution is -2.49. The quantitative estimate of drug-likeness (QED) is 0.832. The van der Waals surface area contributed by atoms with E-state index in [-0.39, 0.29) is 5.91 Å². The molecule has 1 aliphatic rings. The van der Waals surface area contributed by atoms with E-state index in [0.717, 1.165) is 54.9 Å². The molecule has 0 unspecified atom stereocenters. The molecule has 1 N–H and O–H groups in total. The fourth-order valence-electron chi connectivity index (χ4n) is 3.07. The number of hydrogen-bond acceptors (Lipinski definition) is 3. The zero-order chi connectivity index (χ0) is 17.6. The summed E-state index contributed by atoms with van der Waals surface area (Å²) >= 11 is 3.47. The molecule has 1 saturated heterocycles. The first-order chi connectivity index (χ1) is 12.2. The second-order valence-electron chi connectivity index (χ2n) is 6.34. The summed E-state index contributed by atoms with van der Waals surface area (Å²) in [6.45, 7) is 4.52. The van der Waals surface area contributed by atoms with Crippen molar-refractivity contribution >= 4 is 27.5 Å². The van der Waals surface area contributed by atoms with Gasteiger partial charge in [-0.2, -0.15) is 0 Å². The Morgan fingerprint density at radius 1 is 1.00 bits per heavy atom. The maximum Gasteiger partial charge on any atom is 0.253 e. The van der Waals surface area contributed by atoms with Gasteiger partial charge in [0.2, 0.25) is 0 Å². The van der Waals surface area contributed by atoms with Gasteiger partial charge in [0.1, 0.15) is 0 Å². The molecule has 2 aromatic rings. The number of carbonyl (C=O) groups is 1. The minimum absolute atomic E-state index is 0.134. The molecule has 0 spiro atoms. The summed E-state index contributed by atoms with van der Waals surface area (Å²) in [4.78, 5) is 17.0. The fraction of sp³-hybridized carbons (Fsp3) is 0.350. The largest absolute Gasteiger partial charge is 0.388 e. The number of amides is 1. The Morgan fingerprint density at radius 2 is 1.64 bits per heavy atom. The van der Waals surface area contributed by atoms with Crippen LogP contribution in [0.4, 0.5) is 5.69 Å². The predicted molar refractivity (Wildman–Crippen MR) is 106 cm³/mol. The lowest BCUT2D eigenvalue weighted by atomic mass is 10.1. The first-order valence-corrected chi connectivity index (χ1v) is 9.49. The van der Waals surface area contributed by atoms with Crippen LogP contribution in [0.5, 0.6) is 0 Å². The van der Waals surface area contributed by atoms with Crippen LogP contribution >= 0.6 is 15.9 Å². The Balaban J connectivity index is 1.47. The summed E-state index contributed by atoms with van der Waals surface area (Å²) in [6, 6.07) is 16.2. The van der Waals surface area contributed by atoms with Gasteiger partial charge in [0.25, 0.3) is 5.91 Å². The highest BCUT2D eigenvalue weighted by atomic mass is 79.9. The molecule has 1 heterocycles. The Hall–Kier alpha value is -1.85. The van der Waals surface area contributed by atoms with Gasteiger partial charge in [-0.05, 0) is 48.4 Å². The summed E-state index contributed by atoms with van der Waals surface area (Å²) in [5.74, 6) is 0.134. The number of halogens is 1. The van der Waals surface area contributed by atoms with Crippen LogP contribution in [-0.4, -0.2) is 55.5 Å². The lowest BCUT2D eigenvalue weighted by Gasteiger charge is -2.34. The average Bonchev–Trinajstić information content (AvgIpc) is 2.67. The van der Waals surface area contributed by atoms with Crippen LogP contribution < -0.4 is 5.32 Å². The summed E-state index contributed by atoms with van der Waals surface area (Å²) < 4.78 is 1.12. The van der Waals surface area contributed by atoms with E-state index < -0.39 is 0 Å². The smallest absolute Gasteiger partial charge is 0.253 e. The summed E-state index contributed by atoms with van der Waals surface area (Å²) in [6.07, 6.45) is 1.05. The summed E-state index contributed by atoms with van der Waals surface area (Å²) in [5, 5.41) is 3.07. The topological polar surface area (TPSA) is 35.6 Å². The van der Waals surface area contributed by atoms with Crippen LogP contribution in [0, 0.1) is 0 Å². The monoisotopic (exact) mass is 401 g/mol. The van der Waals surface area contributed by atoms with Gasteiger partial charge in [-0.1, -0.05) is 28.1 Å². The highest BCUT2D eigenvalue weighted by Crippen LogP contribution is 2.14. The molecule has 1 aliphatic heterocycles. The van der Waals surface area contributed by atoms with Gasteiger partial charge in [0, 0.05) is 55.5 Å². The normalized spacial score (nSPS) is 15.2. The zero-order valence-corrected chi connectivity index (χ0v) is 16.1. The zero-order valence-electron chi connectivity index (χ0n) is 14.5. The first-order valence-electron chi connectivity index (χ1n) is 8.69. The van der Waals surface area contributed by atoms with E-state index in [1.807, 2.05) is 36.2 Å². The third-order valence-corrected chi connectivity index (χ3v) is 5.24. The van der Waals surface area contributed by atoms with Gasteiger partial charge >= 0.3 is 0 Å². The van der Waals surface area contributed by atoms with E-state index in [4.69, 9.17) is 0 Å². The number of piperazine rings is 1. The second-order valence-corrected chi connectivity index (χ2v) is 7.25. The van der Waals surface area contributed by atoms with Crippen molar-refractivity contribution in [3.63, 3.8) is 0 Å². The molecule has 2 aromatic carbocycles. The van der Waals surface area contributed by atoms with Crippen LogP contribution in [0.2, 0.25) is 0 Å². The number of hydrogen-bond donors (Lipinski definition) is 1. The van der Waals surface area contributed by atoms with E-state index in [2.05, 4.69) is 50.4 Å². The van der Waals surface area contributed by atoms with Crippen molar-refractivity contribution in [2.45, 2.75) is 6.42 Å². The lowest BCUT2D eigenvalue weighted by molar-refractivity contribution is 0.0638. The third kappa shape index (κ3) is 4.83. The van der Waals surface area contributed by atoms with Crippen molar-refractivity contribution in [3.8, 4) is 0 Å². The minimum atomic E-state index is 0.134. The van der Waals surface area contributed by atoms with Gasteiger partial charge < -0.3 is 10.2 Å². The van der Waals surface area contributed by atoms with Crippen LogP contribution in [0.1, 0.15) is 15.9 Å². The molecule has 0 atom stereocenters. The standard InChI is InChI=1S/C20H24BrN3O/c1-22-19-8-4-17(5-9-19)20(25)24-14-12-23(13-15-24)11-10-16-2-6-18(21)7-3-16/h2-9,22H,10-15H2,1H3. The number of anilines is 1. The molecule has 4 nitrogen and oxygen atoms in total. The highest BCUT2D eigenvalue weighted by Gasteiger charge is 2.21. The van der Waals surface area contributed by atoms with Gasteiger partial charge in [-0.3, -0.25) is 9.69 Å². The number of carbonyl (C=O) groups excluding carboxylic acids is 1. The van der Waals surface area contributed by atoms with E-state index in [1.165, 1.54) is 5.56 Å². The van der Waals surface area contributed by atoms with Crippen LogP contribution in [0.3, 0.4) is 0 Å². The molecule has 0 bridgehead atoms. The fourth-order valence-corrected chi connectivity index (χ4v) is 3.34. The Bertz CT molecular complexity index is 692. The van der Waals surface area contributed by atoms with Gasteiger partial charge in [0.15, 0.2) is 0 Å². The molecule has 0 radical (unpaired) electrons. The molecule has 0 saturated carbocycles. The second kappa shape index (κ2) is 8.50. The van der Waals surface area contributed by atoms with Crippen LogP contribution in [-0.2, 0) is 6.42 Å². The van der Waals surface area contributed by atoms with Crippen LogP contribution in [0.25, 0.3) is 0 Å². The maximum atomic E-state index is 12.6. The van der Waals surface area contributed by atoms with Crippen molar-refractivity contribution in [2.75, 3.05) is 45.1 Å². The predicted octanol–water partition coefficient (Wildman–Crippen LogP) is 3.49. The Morgan fingerprint density at radius 3 is 2.24 bits per heavy atom. The molecular formula is C20H24BrN3O.